The average Bonchev–Trinajstić information content (AvgIpc) is 3.09. The van der Waals surface area contributed by atoms with Crippen molar-refractivity contribution in [3.8, 4) is 28.1 Å². The Labute approximate surface area is 281 Å². The molecule has 1 saturated heterocycles. The molecule has 1 aliphatic heterocycles. The fraction of sp³-hybridized carbons (Fsp3) is 0.405. The zero-order chi connectivity index (χ0) is 34.1. The molecule has 1 fully saturated rings. The Morgan fingerprint density at radius 2 is 1.71 bits per heavy atom. The number of nitrogens with one attached hydrogen (secondary N) is 1. The fourth-order valence-electron chi connectivity index (χ4n) is 5.58. The second-order valence-electron chi connectivity index (χ2n) is 12.7. The van der Waals surface area contributed by atoms with Crippen molar-refractivity contribution in [1.82, 2.24) is 20.3 Å². The van der Waals surface area contributed by atoms with Gasteiger partial charge in [0.15, 0.2) is 12.0 Å². The predicted octanol–water partition coefficient (Wildman–Crippen LogP) is 6.32. The number of ether oxygens (including phenoxy) is 3. The molecule has 0 aliphatic carbocycles. The predicted molar refractivity (Wildman–Crippen MR) is 182 cm³/mol. The lowest BCUT2D eigenvalue weighted by molar-refractivity contribution is -0.186. The highest BCUT2D eigenvalue weighted by Gasteiger charge is 2.25. The summed E-state index contributed by atoms with van der Waals surface area (Å²) in [5.74, 6) is -0.146. The van der Waals surface area contributed by atoms with E-state index in [1.54, 1.807) is 23.4 Å². The van der Waals surface area contributed by atoms with Crippen LogP contribution in [-0.4, -0.2) is 77.3 Å². The number of aliphatic hydroxyl groups is 1. The van der Waals surface area contributed by atoms with Crippen LogP contribution in [0.25, 0.3) is 33.3 Å². The molecule has 2 amide bonds. The highest BCUT2D eigenvalue weighted by molar-refractivity contribution is 6.09. The quantitative estimate of drug-likeness (QED) is 0.168. The molecule has 0 saturated carbocycles. The molecular weight excluding hydrogens is 612 g/mol. The first-order valence-corrected chi connectivity index (χ1v) is 16.3. The van der Waals surface area contributed by atoms with E-state index in [0.29, 0.717) is 41.9 Å². The van der Waals surface area contributed by atoms with Crippen LogP contribution in [0.2, 0.25) is 0 Å². The van der Waals surface area contributed by atoms with E-state index in [-0.39, 0.29) is 18.7 Å². The summed E-state index contributed by atoms with van der Waals surface area (Å²) in [6.45, 7) is 6.69. The molecule has 0 spiro atoms. The number of rotatable bonds is 12. The van der Waals surface area contributed by atoms with Crippen LogP contribution in [0.1, 0.15) is 62.4 Å². The SMILES string of the molecule is COc1c(-c2ccc(-c3ccc(CCCN(CCO)C(=O)OC(C)(C)C)cc3)cc2)nc2ccncc2c1C(=O)NOC1CCCCO1. The summed E-state index contributed by atoms with van der Waals surface area (Å²) in [7, 11) is 1.52. The Hall–Kier alpha value is -4.58. The third kappa shape index (κ3) is 8.85. The topological polar surface area (TPSA) is 132 Å². The first-order valence-electron chi connectivity index (χ1n) is 16.3. The van der Waals surface area contributed by atoms with E-state index in [1.165, 1.54) is 7.11 Å². The summed E-state index contributed by atoms with van der Waals surface area (Å²) in [6, 6.07) is 18.0. The van der Waals surface area contributed by atoms with Crippen LogP contribution in [0.3, 0.4) is 0 Å². The Balaban J connectivity index is 1.29. The highest BCUT2D eigenvalue weighted by atomic mass is 16.8. The van der Waals surface area contributed by atoms with Crippen LogP contribution in [0, 0.1) is 0 Å². The molecule has 2 aromatic heterocycles. The Bertz CT molecular complexity index is 1680. The Morgan fingerprint density at radius 3 is 2.35 bits per heavy atom. The molecule has 1 atom stereocenters. The minimum Gasteiger partial charge on any atom is -0.494 e. The maximum Gasteiger partial charge on any atom is 0.410 e. The van der Waals surface area contributed by atoms with Crippen LogP contribution in [0.5, 0.6) is 5.75 Å². The minimum absolute atomic E-state index is 0.115. The molecule has 0 bridgehead atoms. The van der Waals surface area contributed by atoms with E-state index in [9.17, 15) is 14.7 Å². The molecule has 11 heteroatoms. The van der Waals surface area contributed by atoms with Gasteiger partial charge in [-0.15, -0.1) is 0 Å². The molecule has 254 valence electrons. The number of carbonyl (C=O) groups excluding carboxylic acids is 2. The van der Waals surface area contributed by atoms with E-state index in [2.05, 4.69) is 34.7 Å². The van der Waals surface area contributed by atoms with Crippen molar-refractivity contribution in [3.63, 3.8) is 0 Å². The number of hydrogen-bond acceptors (Lipinski definition) is 9. The number of hydroxylamine groups is 1. The largest absolute Gasteiger partial charge is 0.494 e. The van der Waals surface area contributed by atoms with Gasteiger partial charge in [-0.2, -0.15) is 0 Å². The zero-order valence-corrected chi connectivity index (χ0v) is 28.0. The van der Waals surface area contributed by atoms with Gasteiger partial charge in [0.25, 0.3) is 5.91 Å². The molecule has 3 heterocycles. The third-order valence-electron chi connectivity index (χ3n) is 7.95. The van der Waals surface area contributed by atoms with Crippen molar-refractivity contribution in [1.29, 1.82) is 0 Å². The maximum atomic E-state index is 13.5. The number of hydrogen-bond donors (Lipinski definition) is 2. The minimum atomic E-state index is -0.590. The lowest BCUT2D eigenvalue weighted by Gasteiger charge is -2.27. The van der Waals surface area contributed by atoms with Gasteiger partial charge in [0.2, 0.25) is 0 Å². The van der Waals surface area contributed by atoms with Crippen LogP contribution in [0.4, 0.5) is 4.79 Å². The normalized spacial score (nSPS) is 14.8. The van der Waals surface area contributed by atoms with Crippen molar-refractivity contribution in [2.75, 3.05) is 33.4 Å². The monoisotopic (exact) mass is 656 g/mol. The number of pyridine rings is 2. The number of aliphatic hydroxyl groups excluding tert-OH is 1. The van der Waals surface area contributed by atoms with E-state index >= 15 is 0 Å². The summed E-state index contributed by atoms with van der Waals surface area (Å²) in [5.41, 5.74) is 7.38. The molecule has 11 nitrogen and oxygen atoms in total. The molecule has 4 aromatic rings. The summed E-state index contributed by atoms with van der Waals surface area (Å²) < 4.78 is 16.9. The molecular formula is C37H44N4O7. The van der Waals surface area contributed by atoms with Crippen LogP contribution < -0.4 is 10.2 Å². The smallest absolute Gasteiger partial charge is 0.410 e. The van der Waals surface area contributed by atoms with Gasteiger partial charge in [-0.3, -0.25) is 9.78 Å². The number of methoxy groups -OCH3 is 1. The molecule has 1 unspecified atom stereocenters. The first kappa shape index (κ1) is 34.7. The van der Waals surface area contributed by atoms with Gasteiger partial charge in [-0.25, -0.2) is 20.1 Å². The van der Waals surface area contributed by atoms with E-state index in [4.69, 9.17) is 24.0 Å². The van der Waals surface area contributed by atoms with E-state index in [1.807, 2.05) is 45.0 Å². The van der Waals surface area contributed by atoms with Crippen molar-refractivity contribution in [2.45, 2.75) is 64.8 Å². The van der Waals surface area contributed by atoms with Gasteiger partial charge in [-0.05, 0) is 69.2 Å². The number of amides is 2. The molecule has 2 N–H and O–H groups in total. The van der Waals surface area contributed by atoms with Crippen molar-refractivity contribution in [3.05, 3.63) is 78.1 Å². The van der Waals surface area contributed by atoms with E-state index < -0.39 is 23.9 Å². The number of aryl methyl sites for hydroxylation is 1. The molecule has 2 aromatic carbocycles. The van der Waals surface area contributed by atoms with Crippen LogP contribution in [-0.2, 0) is 20.7 Å². The number of fused-ring (bicyclic) bond motifs is 1. The fourth-order valence-corrected chi connectivity index (χ4v) is 5.58. The number of nitrogens with zero attached hydrogens (tertiary/aromatic N) is 3. The van der Waals surface area contributed by atoms with Crippen molar-refractivity contribution >= 4 is 22.9 Å². The Kier molecular flexibility index (Phi) is 11.6. The molecule has 0 radical (unpaired) electrons. The van der Waals surface area contributed by atoms with Gasteiger partial charge in [0, 0.05) is 49.5 Å². The van der Waals surface area contributed by atoms with Crippen LogP contribution >= 0.6 is 0 Å². The van der Waals surface area contributed by atoms with Gasteiger partial charge in [-0.1, -0.05) is 48.5 Å². The van der Waals surface area contributed by atoms with Crippen LogP contribution in [0.15, 0.2) is 67.0 Å². The first-order chi connectivity index (χ1) is 23.2. The average molecular weight is 657 g/mol. The standard InChI is InChI=1S/C37H44N4O7/c1-37(2,3)47-36(44)41(21-22-42)20-7-8-25-10-12-26(13-11-25)27-14-16-28(17-15-27)33-34(45-4)32(29-24-38-19-18-30(29)39-33)35(43)40-48-31-9-5-6-23-46-31/h10-19,24,31,42H,5-9,20-23H2,1-4H3,(H,40,43). The van der Waals surface area contributed by atoms with Gasteiger partial charge in [0.05, 0.1) is 24.8 Å². The maximum absolute atomic E-state index is 13.5. The molecule has 5 rings (SSSR count). The summed E-state index contributed by atoms with van der Waals surface area (Å²) in [5, 5.41) is 9.95. The van der Waals surface area contributed by atoms with Gasteiger partial charge < -0.3 is 24.2 Å². The number of benzene rings is 2. The van der Waals surface area contributed by atoms with E-state index in [0.717, 1.165) is 47.9 Å². The zero-order valence-electron chi connectivity index (χ0n) is 28.0. The third-order valence-corrected chi connectivity index (χ3v) is 7.95. The number of carbonyl (C=O) groups is 2. The second-order valence-corrected chi connectivity index (χ2v) is 12.7. The van der Waals surface area contributed by atoms with Gasteiger partial charge in [0.1, 0.15) is 11.3 Å². The molecule has 48 heavy (non-hydrogen) atoms. The van der Waals surface area contributed by atoms with Crippen molar-refractivity contribution in [2.24, 2.45) is 0 Å². The lowest BCUT2D eigenvalue weighted by atomic mass is 9.98. The lowest BCUT2D eigenvalue weighted by Crippen LogP contribution is -2.39. The summed E-state index contributed by atoms with van der Waals surface area (Å²) >= 11 is 0. The highest BCUT2D eigenvalue weighted by Crippen LogP contribution is 2.37. The van der Waals surface area contributed by atoms with Gasteiger partial charge >= 0.3 is 6.09 Å². The summed E-state index contributed by atoms with van der Waals surface area (Å²) in [4.78, 5) is 42.2. The summed E-state index contributed by atoms with van der Waals surface area (Å²) in [6.07, 6.45) is 6.49. The second kappa shape index (κ2) is 16.0. The molecule has 1 aliphatic rings. The number of aromatic nitrogens is 2. The van der Waals surface area contributed by atoms with Crippen molar-refractivity contribution < 1.29 is 33.7 Å². The Morgan fingerprint density at radius 1 is 1.00 bits per heavy atom.